The van der Waals surface area contributed by atoms with Crippen LogP contribution >= 0.6 is 11.3 Å². The van der Waals surface area contributed by atoms with Gasteiger partial charge in [-0.3, -0.25) is 9.48 Å². The highest BCUT2D eigenvalue weighted by Crippen LogP contribution is 2.37. The number of nitrogens with one attached hydrogen (secondary N) is 1. The number of hydrogen-bond acceptors (Lipinski definition) is 7. The number of anilines is 2. The Kier molecular flexibility index (Phi) is 6.12. The molecular weight excluding hydrogens is 464 g/mol. The van der Waals surface area contributed by atoms with Gasteiger partial charge < -0.3 is 21.5 Å². The molecule has 1 saturated heterocycles. The Bertz CT molecular complexity index is 1180. The molecule has 0 bridgehead atoms. The fourth-order valence-electron chi connectivity index (χ4n) is 3.57. The third kappa shape index (κ3) is 4.43. The molecule has 0 radical (unpaired) electrons. The fourth-order valence-corrected chi connectivity index (χ4v) is 4.45. The van der Waals surface area contributed by atoms with Gasteiger partial charge in [0.05, 0.1) is 29.2 Å². The van der Waals surface area contributed by atoms with Crippen LogP contribution in [0.3, 0.4) is 0 Å². The van der Waals surface area contributed by atoms with Crippen molar-refractivity contribution in [3.63, 3.8) is 0 Å². The van der Waals surface area contributed by atoms with E-state index in [1.54, 1.807) is 7.05 Å². The average molecular weight is 484 g/mol. The van der Waals surface area contributed by atoms with E-state index in [0.29, 0.717) is 5.69 Å². The van der Waals surface area contributed by atoms with Crippen molar-refractivity contribution in [3.8, 4) is 10.6 Å². The number of aromatic nitrogens is 3. The van der Waals surface area contributed by atoms with E-state index in [0.717, 1.165) is 23.5 Å². The number of thiazole rings is 1. The molecule has 1 amide bonds. The normalized spacial score (nSPS) is 20.4. The number of carbonyl (C=O) groups excluding carboxylic acids is 1. The molecule has 2 aromatic heterocycles. The zero-order chi connectivity index (χ0) is 23.9. The fraction of sp³-hybridized carbons (Fsp3) is 0.350. The number of ether oxygens (including phenoxy) is 1. The minimum Gasteiger partial charge on any atom is -0.389 e. The lowest BCUT2D eigenvalue weighted by Gasteiger charge is -2.20. The van der Waals surface area contributed by atoms with Gasteiger partial charge in [0.25, 0.3) is 11.8 Å². The first-order chi connectivity index (χ1) is 15.6. The molecule has 1 aromatic carbocycles. The Hall–Kier alpha value is -3.03. The van der Waals surface area contributed by atoms with Gasteiger partial charge in [-0.1, -0.05) is 17.4 Å². The molecule has 8 nitrogen and oxygen atoms in total. The lowest BCUT2D eigenvalue weighted by atomic mass is 10.0. The van der Waals surface area contributed by atoms with Crippen LogP contribution in [0.5, 0.6) is 0 Å². The SMILES string of the molecule is Cn1ncc(NC(=O)c2nc(-c3c(F)cccc3F)sc2N)c1[C@H]1CC[C@H](N)C(F)(F)CO1. The standard InChI is InChI=1S/C20H20F4N6O2S/c1-30-16(12-5-6-13(25)20(23,24)8-32-12)11(7-27-30)28-18(31)15-17(26)33-19(29-15)14-9(21)3-2-4-10(14)22/h2-4,7,12-13H,5-6,8,25-26H2,1H3,(H,28,31)/t12-,13+/m1/s1. The molecular formula is C20H20F4N6O2S. The van der Waals surface area contributed by atoms with Gasteiger partial charge in [0.2, 0.25) is 0 Å². The van der Waals surface area contributed by atoms with Crippen LogP contribution in [0.25, 0.3) is 10.6 Å². The highest BCUT2D eigenvalue weighted by molar-refractivity contribution is 7.19. The van der Waals surface area contributed by atoms with Crippen molar-refractivity contribution in [1.82, 2.24) is 14.8 Å². The summed E-state index contributed by atoms with van der Waals surface area (Å²) in [5, 5.41) is 6.52. The van der Waals surface area contributed by atoms with Crippen molar-refractivity contribution in [1.29, 1.82) is 0 Å². The van der Waals surface area contributed by atoms with Gasteiger partial charge in [-0.15, -0.1) is 0 Å². The van der Waals surface area contributed by atoms with Crippen LogP contribution in [0.4, 0.5) is 28.3 Å². The Morgan fingerprint density at radius 3 is 2.70 bits per heavy atom. The van der Waals surface area contributed by atoms with Crippen LogP contribution in [0.15, 0.2) is 24.4 Å². The molecule has 0 spiro atoms. The monoisotopic (exact) mass is 484 g/mol. The molecule has 3 heterocycles. The van der Waals surface area contributed by atoms with E-state index in [1.807, 2.05) is 0 Å². The summed E-state index contributed by atoms with van der Waals surface area (Å²) in [6, 6.07) is 2.00. The van der Waals surface area contributed by atoms with Crippen LogP contribution in [-0.4, -0.2) is 39.2 Å². The molecule has 0 aliphatic carbocycles. The van der Waals surface area contributed by atoms with Crippen LogP contribution in [-0.2, 0) is 11.8 Å². The summed E-state index contributed by atoms with van der Waals surface area (Å²) in [4.78, 5) is 16.9. The van der Waals surface area contributed by atoms with E-state index in [-0.39, 0.29) is 39.8 Å². The third-order valence-electron chi connectivity index (χ3n) is 5.34. The van der Waals surface area contributed by atoms with Crippen LogP contribution in [0.2, 0.25) is 0 Å². The zero-order valence-corrected chi connectivity index (χ0v) is 18.1. The number of nitrogen functional groups attached to an aromatic ring is 1. The van der Waals surface area contributed by atoms with E-state index in [9.17, 15) is 22.4 Å². The Morgan fingerprint density at radius 1 is 1.30 bits per heavy atom. The highest BCUT2D eigenvalue weighted by atomic mass is 32.1. The number of hydrogen-bond donors (Lipinski definition) is 3. The van der Waals surface area contributed by atoms with E-state index in [4.69, 9.17) is 16.2 Å². The van der Waals surface area contributed by atoms with Gasteiger partial charge in [0.1, 0.15) is 34.4 Å². The lowest BCUT2D eigenvalue weighted by molar-refractivity contribution is -0.0975. The summed E-state index contributed by atoms with van der Waals surface area (Å²) in [7, 11) is 1.58. The zero-order valence-electron chi connectivity index (χ0n) is 17.3. The number of nitrogens with two attached hydrogens (primary N) is 2. The van der Waals surface area contributed by atoms with Crippen LogP contribution in [0.1, 0.15) is 35.1 Å². The smallest absolute Gasteiger partial charge is 0.285 e. The first-order valence-corrected chi connectivity index (χ1v) is 10.7. The van der Waals surface area contributed by atoms with Gasteiger partial charge in [-0.05, 0) is 25.0 Å². The molecule has 1 aliphatic heterocycles. The van der Waals surface area contributed by atoms with Crippen molar-refractivity contribution in [2.75, 3.05) is 17.7 Å². The molecule has 0 unspecified atom stereocenters. The minimum atomic E-state index is -3.18. The molecule has 33 heavy (non-hydrogen) atoms. The maximum atomic E-state index is 14.1. The lowest BCUT2D eigenvalue weighted by Crippen LogP contribution is -2.42. The maximum Gasteiger partial charge on any atom is 0.285 e. The summed E-state index contributed by atoms with van der Waals surface area (Å²) < 4.78 is 62.9. The van der Waals surface area contributed by atoms with Crippen LogP contribution < -0.4 is 16.8 Å². The van der Waals surface area contributed by atoms with Gasteiger partial charge >= 0.3 is 0 Å². The Labute approximate surface area is 189 Å². The van der Waals surface area contributed by atoms with Crippen molar-refractivity contribution >= 4 is 27.9 Å². The van der Waals surface area contributed by atoms with Gasteiger partial charge in [-0.2, -0.15) is 5.10 Å². The maximum absolute atomic E-state index is 14.1. The first-order valence-electron chi connectivity index (χ1n) is 9.87. The quantitative estimate of drug-likeness (QED) is 0.488. The van der Waals surface area contributed by atoms with Gasteiger partial charge in [0, 0.05) is 7.05 Å². The van der Waals surface area contributed by atoms with Crippen LogP contribution in [0, 0.1) is 11.6 Å². The topological polar surface area (TPSA) is 121 Å². The van der Waals surface area contributed by atoms with E-state index >= 15 is 0 Å². The second-order valence-corrected chi connectivity index (χ2v) is 8.62. The third-order valence-corrected chi connectivity index (χ3v) is 6.24. The average Bonchev–Trinajstić information content (AvgIpc) is 3.26. The number of alkyl halides is 2. The van der Waals surface area contributed by atoms with E-state index in [2.05, 4.69) is 15.4 Å². The highest BCUT2D eigenvalue weighted by Gasteiger charge is 2.42. The number of aryl methyl sites for hydroxylation is 1. The molecule has 1 fully saturated rings. The van der Waals surface area contributed by atoms with E-state index in [1.165, 1.54) is 16.9 Å². The molecule has 0 saturated carbocycles. The van der Waals surface area contributed by atoms with Crippen molar-refractivity contribution in [3.05, 3.63) is 47.4 Å². The Balaban J connectivity index is 1.59. The van der Waals surface area contributed by atoms with Crippen molar-refractivity contribution in [2.24, 2.45) is 12.8 Å². The second kappa shape index (κ2) is 8.72. The summed E-state index contributed by atoms with van der Waals surface area (Å²) in [6.07, 6.45) is 0.740. The largest absolute Gasteiger partial charge is 0.389 e. The number of benzene rings is 1. The molecule has 5 N–H and O–H groups in total. The summed E-state index contributed by atoms with van der Waals surface area (Å²) in [5.41, 5.74) is 11.4. The summed E-state index contributed by atoms with van der Waals surface area (Å²) >= 11 is 0.758. The van der Waals surface area contributed by atoms with Gasteiger partial charge in [0.15, 0.2) is 5.69 Å². The number of halogens is 4. The molecule has 3 aromatic rings. The predicted molar refractivity (Wildman–Crippen MR) is 114 cm³/mol. The van der Waals surface area contributed by atoms with E-state index < -0.39 is 42.2 Å². The molecule has 176 valence electrons. The van der Waals surface area contributed by atoms with Crippen molar-refractivity contribution in [2.45, 2.75) is 30.9 Å². The summed E-state index contributed by atoms with van der Waals surface area (Å²) in [5.74, 6) is -5.61. The summed E-state index contributed by atoms with van der Waals surface area (Å²) in [6.45, 7) is -0.867. The second-order valence-electron chi connectivity index (χ2n) is 7.59. The molecule has 13 heteroatoms. The van der Waals surface area contributed by atoms with Crippen molar-refractivity contribution < 1.29 is 27.1 Å². The predicted octanol–water partition coefficient (Wildman–Crippen LogP) is 3.47. The molecule has 1 aliphatic rings. The number of rotatable bonds is 4. The molecule has 2 atom stereocenters. The molecule has 4 rings (SSSR count). The minimum absolute atomic E-state index is 0.00678. The first kappa shape index (κ1) is 23.1. The number of nitrogens with zero attached hydrogens (tertiary/aromatic N) is 3. The van der Waals surface area contributed by atoms with Gasteiger partial charge in [-0.25, -0.2) is 22.5 Å². The Morgan fingerprint density at radius 2 is 2.00 bits per heavy atom. The number of amides is 1. The number of carbonyl (C=O) groups is 1.